The zero-order chi connectivity index (χ0) is 18.1. The Labute approximate surface area is 150 Å². The van der Waals surface area contributed by atoms with E-state index in [4.69, 9.17) is 16.3 Å². The van der Waals surface area contributed by atoms with Gasteiger partial charge in [0.25, 0.3) is 11.8 Å². The van der Waals surface area contributed by atoms with Crippen molar-refractivity contribution in [3.05, 3.63) is 64.3 Å². The summed E-state index contributed by atoms with van der Waals surface area (Å²) in [4.78, 5) is 26.4. The van der Waals surface area contributed by atoms with Crippen LogP contribution in [-0.4, -0.2) is 30.9 Å². The zero-order valence-corrected chi connectivity index (χ0v) is 14.8. The predicted molar refractivity (Wildman–Crippen MR) is 97.5 cm³/mol. The van der Waals surface area contributed by atoms with Gasteiger partial charge in [-0.15, -0.1) is 0 Å². The number of methoxy groups -OCH3 is 1. The molecule has 0 unspecified atom stereocenters. The molecule has 0 fully saturated rings. The molecule has 2 aromatic carbocycles. The summed E-state index contributed by atoms with van der Waals surface area (Å²) in [6.45, 7) is 1.90. The Balaban J connectivity index is 2.17. The summed E-state index contributed by atoms with van der Waals surface area (Å²) in [6.07, 6.45) is 0. The summed E-state index contributed by atoms with van der Waals surface area (Å²) in [5.41, 5.74) is 2.64. The van der Waals surface area contributed by atoms with E-state index in [0.29, 0.717) is 22.0 Å². The minimum absolute atomic E-state index is 0.211. The van der Waals surface area contributed by atoms with E-state index >= 15 is 0 Å². The number of hydrogen-bond acceptors (Lipinski definition) is 4. The van der Waals surface area contributed by atoms with Gasteiger partial charge in [0.2, 0.25) is 0 Å². The van der Waals surface area contributed by atoms with Gasteiger partial charge in [0, 0.05) is 23.3 Å². The summed E-state index contributed by atoms with van der Waals surface area (Å²) in [5, 5.41) is 3.63. The molecule has 1 N–H and O–H groups in total. The minimum Gasteiger partial charge on any atom is -0.496 e. The van der Waals surface area contributed by atoms with Gasteiger partial charge in [-0.05, 0) is 30.7 Å². The van der Waals surface area contributed by atoms with Gasteiger partial charge in [0.05, 0.1) is 12.7 Å². The molecule has 6 heteroatoms. The number of halogens is 1. The number of nitrogens with zero attached hydrogens (tertiary/aromatic N) is 1. The molecule has 0 saturated carbocycles. The number of rotatable bonds is 4. The molecule has 2 amide bonds. The number of imide groups is 1. The summed E-state index contributed by atoms with van der Waals surface area (Å²) in [7, 11) is 2.98. The second-order valence-corrected chi connectivity index (χ2v) is 6.14. The number of benzene rings is 2. The molecule has 2 aromatic rings. The molecule has 0 aromatic heterocycles. The van der Waals surface area contributed by atoms with Crippen molar-refractivity contribution in [3.8, 4) is 5.75 Å². The monoisotopic (exact) mass is 356 g/mol. The van der Waals surface area contributed by atoms with Crippen molar-refractivity contribution in [1.82, 2.24) is 4.90 Å². The van der Waals surface area contributed by atoms with Crippen molar-refractivity contribution < 1.29 is 14.3 Å². The average Bonchev–Trinajstić information content (AvgIpc) is 2.82. The highest BCUT2D eigenvalue weighted by atomic mass is 35.5. The smallest absolute Gasteiger partial charge is 0.277 e. The largest absolute Gasteiger partial charge is 0.496 e. The van der Waals surface area contributed by atoms with Crippen LogP contribution in [0.2, 0.25) is 5.02 Å². The van der Waals surface area contributed by atoms with E-state index < -0.39 is 5.91 Å². The number of hydrogen-bond donors (Lipinski definition) is 1. The van der Waals surface area contributed by atoms with Crippen LogP contribution in [0.1, 0.15) is 11.1 Å². The van der Waals surface area contributed by atoms with Gasteiger partial charge in [-0.2, -0.15) is 0 Å². The fourth-order valence-electron chi connectivity index (χ4n) is 2.72. The second-order valence-electron chi connectivity index (χ2n) is 5.70. The molecule has 128 valence electrons. The Morgan fingerprint density at radius 3 is 2.52 bits per heavy atom. The van der Waals surface area contributed by atoms with Crippen LogP contribution in [0.15, 0.2) is 48.2 Å². The molecule has 0 spiro atoms. The molecule has 1 heterocycles. The van der Waals surface area contributed by atoms with Crippen LogP contribution in [0.4, 0.5) is 5.69 Å². The summed E-state index contributed by atoms with van der Waals surface area (Å²) in [6, 6.07) is 12.4. The molecule has 0 bridgehead atoms. The molecule has 3 rings (SSSR count). The third-order valence-electron chi connectivity index (χ3n) is 4.12. The first-order valence-electron chi connectivity index (χ1n) is 7.67. The first-order valence-corrected chi connectivity index (χ1v) is 8.05. The number of amides is 2. The zero-order valence-electron chi connectivity index (χ0n) is 14.1. The number of ether oxygens (including phenoxy) is 1. The molecular weight excluding hydrogens is 340 g/mol. The minimum atomic E-state index is -0.398. The molecule has 0 saturated heterocycles. The summed E-state index contributed by atoms with van der Waals surface area (Å²) >= 11 is 6.06. The lowest BCUT2D eigenvalue weighted by Crippen LogP contribution is -2.28. The Bertz CT molecular complexity index is 905. The van der Waals surface area contributed by atoms with Crippen molar-refractivity contribution >= 4 is 34.7 Å². The SMILES string of the molecule is COc1ccccc1C1=C(Nc2cc(Cl)ccc2C)C(=O)N(C)C1=O. The van der Waals surface area contributed by atoms with Gasteiger partial charge >= 0.3 is 0 Å². The summed E-state index contributed by atoms with van der Waals surface area (Å²) < 4.78 is 5.35. The first-order chi connectivity index (χ1) is 11.9. The van der Waals surface area contributed by atoms with Gasteiger partial charge in [0.15, 0.2) is 0 Å². The molecule has 1 aliphatic heterocycles. The maximum absolute atomic E-state index is 12.7. The highest BCUT2D eigenvalue weighted by molar-refractivity contribution is 6.37. The highest BCUT2D eigenvalue weighted by Crippen LogP contribution is 2.35. The summed E-state index contributed by atoms with van der Waals surface area (Å²) in [5.74, 6) is -0.252. The van der Waals surface area contributed by atoms with Crippen molar-refractivity contribution in [2.75, 3.05) is 19.5 Å². The predicted octanol–water partition coefficient (Wildman–Crippen LogP) is 3.48. The van der Waals surface area contributed by atoms with Crippen LogP contribution in [-0.2, 0) is 9.59 Å². The Kier molecular flexibility index (Phi) is 4.51. The number of para-hydroxylation sites is 1. The topological polar surface area (TPSA) is 58.6 Å². The third-order valence-corrected chi connectivity index (χ3v) is 4.36. The first kappa shape index (κ1) is 17.0. The van der Waals surface area contributed by atoms with Crippen molar-refractivity contribution in [1.29, 1.82) is 0 Å². The van der Waals surface area contributed by atoms with Gasteiger partial charge in [-0.3, -0.25) is 14.5 Å². The number of anilines is 1. The molecule has 1 aliphatic rings. The van der Waals surface area contributed by atoms with Crippen LogP contribution in [0.25, 0.3) is 5.57 Å². The van der Waals surface area contributed by atoms with Crippen molar-refractivity contribution in [3.63, 3.8) is 0 Å². The quantitative estimate of drug-likeness (QED) is 0.852. The lowest BCUT2D eigenvalue weighted by molar-refractivity contribution is -0.135. The van der Waals surface area contributed by atoms with Crippen LogP contribution in [0.3, 0.4) is 0 Å². The number of carbonyl (C=O) groups excluding carboxylic acids is 2. The molecule has 0 aliphatic carbocycles. The van der Waals surface area contributed by atoms with Crippen LogP contribution >= 0.6 is 11.6 Å². The molecule has 0 radical (unpaired) electrons. The maximum atomic E-state index is 12.7. The van der Waals surface area contributed by atoms with E-state index in [9.17, 15) is 9.59 Å². The van der Waals surface area contributed by atoms with Crippen molar-refractivity contribution in [2.45, 2.75) is 6.92 Å². The van der Waals surface area contributed by atoms with Crippen LogP contribution in [0, 0.1) is 6.92 Å². The van der Waals surface area contributed by atoms with E-state index in [1.54, 1.807) is 30.3 Å². The Morgan fingerprint density at radius 2 is 1.80 bits per heavy atom. The second kappa shape index (κ2) is 6.61. The van der Waals surface area contributed by atoms with Gasteiger partial charge in [0.1, 0.15) is 11.4 Å². The fraction of sp³-hybridized carbons (Fsp3) is 0.158. The maximum Gasteiger partial charge on any atom is 0.277 e. The van der Waals surface area contributed by atoms with E-state index in [1.165, 1.54) is 14.2 Å². The molecule has 25 heavy (non-hydrogen) atoms. The third kappa shape index (κ3) is 2.98. The van der Waals surface area contributed by atoms with E-state index in [0.717, 1.165) is 10.5 Å². The van der Waals surface area contributed by atoms with Gasteiger partial charge < -0.3 is 10.1 Å². The van der Waals surface area contributed by atoms with Gasteiger partial charge in [-0.25, -0.2) is 0 Å². The lowest BCUT2D eigenvalue weighted by atomic mass is 10.0. The molecule has 0 atom stereocenters. The van der Waals surface area contributed by atoms with Gasteiger partial charge in [-0.1, -0.05) is 35.9 Å². The number of nitrogens with one attached hydrogen (secondary N) is 1. The normalized spacial score (nSPS) is 14.3. The van der Waals surface area contributed by atoms with Crippen molar-refractivity contribution in [2.24, 2.45) is 0 Å². The molecule has 5 nitrogen and oxygen atoms in total. The number of aryl methyl sites for hydroxylation is 1. The van der Waals surface area contributed by atoms with Crippen LogP contribution in [0.5, 0.6) is 5.75 Å². The van der Waals surface area contributed by atoms with E-state index in [1.807, 2.05) is 19.1 Å². The molecular formula is C19H17ClN2O3. The Morgan fingerprint density at radius 1 is 1.08 bits per heavy atom. The highest BCUT2D eigenvalue weighted by Gasteiger charge is 2.38. The van der Waals surface area contributed by atoms with Crippen LogP contribution < -0.4 is 10.1 Å². The number of carbonyl (C=O) groups is 2. The Hall–Kier alpha value is -2.79. The lowest BCUT2D eigenvalue weighted by Gasteiger charge is -2.12. The van der Waals surface area contributed by atoms with E-state index in [2.05, 4.69) is 5.32 Å². The number of likely N-dealkylation sites (N-methyl/N-ethyl adjacent to an activating group) is 1. The van der Waals surface area contributed by atoms with E-state index in [-0.39, 0.29) is 17.2 Å². The average molecular weight is 357 g/mol. The standard InChI is InChI=1S/C19H17ClN2O3/c1-11-8-9-12(20)10-14(11)21-17-16(18(23)22(2)19(17)24)13-6-4-5-7-15(13)25-3/h4-10,21H,1-3H3. The fourth-order valence-corrected chi connectivity index (χ4v) is 2.89.